The van der Waals surface area contributed by atoms with Crippen LogP contribution in [0.1, 0.15) is 20.7 Å². The number of fused-ring (bicyclic) bond motifs is 2. The molecule has 0 atom stereocenters. The summed E-state index contributed by atoms with van der Waals surface area (Å²) in [5.41, 5.74) is 1.29. The van der Waals surface area contributed by atoms with E-state index in [1.165, 1.54) is 0 Å². The fraction of sp³-hybridized carbons (Fsp3) is 0.280. The van der Waals surface area contributed by atoms with Crippen molar-refractivity contribution < 1.29 is 19.1 Å². The van der Waals surface area contributed by atoms with Crippen molar-refractivity contribution in [1.29, 1.82) is 0 Å². The Bertz CT molecular complexity index is 1150. The van der Waals surface area contributed by atoms with Crippen molar-refractivity contribution in [3.05, 3.63) is 71.8 Å². The van der Waals surface area contributed by atoms with E-state index in [1.54, 1.807) is 18.2 Å². The summed E-state index contributed by atoms with van der Waals surface area (Å²) in [5.74, 6) is 1.21. The lowest BCUT2D eigenvalue weighted by Crippen LogP contribution is -2.50. The van der Waals surface area contributed by atoms with E-state index in [9.17, 15) is 9.59 Å². The van der Waals surface area contributed by atoms with Crippen LogP contribution in [0.5, 0.6) is 11.5 Å². The number of carbonyl (C=O) groups excluding carboxylic acids is 2. The van der Waals surface area contributed by atoms with Gasteiger partial charge in [-0.1, -0.05) is 30.3 Å². The third-order valence-corrected chi connectivity index (χ3v) is 6.00. The zero-order chi connectivity index (χ0) is 21.9. The first-order valence-corrected chi connectivity index (χ1v) is 10.9. The number of amides is 2. The van der Waals surface area contributed by atoms with E-state index in [-0.39, 0.29) is 18.6 Å². The highest BCUT2D eigenvalue weighted by molar-refractivity contribution is 5.98. The monoisotopic (exact) mass is 431 g/mol. The van der Waals surface area contributed by atoms with Gasteiger partial charge in [-0.3, -0.25) is 14.5 Å². The number of ether oxygens (including phenoxy) is 2. The van der Waals surface area contributed by atoms with Crippen molar-refractivity contribution in [2.24, 2.45) is 0 Å². The van der Waals surface area contributed by atoms with Gasteiger partial charge in [0.1, 0.15) is 0 Å². The zero-order valence-electron chi connectivity index (χ0n) is 17.8. The Kier molecular flexibility index (Phi) is 5.64. The first kappa shape index (κ1) is 20.3. The summed E-state index contributed by atoms with van der Waals surface area (Å²) in [6, 6.07) is 19.1. The summed E-state index contributed by atoms with van der Waals surface area (Å²) in [7, 11) is 0. The second kappa shape index (κ2) is 8.88. The largest absolute Gasteiger partial charge is 0.454 e. The Balaban J connectivity index is 1.09. The maximum absolute atomic E-state index is 12.9. The van der Waals surface area contributed by atoms with Gasteiger partial charge in [0, 0.05) is 50.4 Å². The molecule has 2 aliphatic heterocycles. The molecule has 1 saturated heterocycles. The molecule has 1 fully saturated rings. The minimum atomic E-state index is -0.131. The van der Waals surface area contributed by atoms with Gasteiger partial charge in [-0.05, 0) is 41.1 Å². The van der Waals surface area contributed by atoms with Crippen LogP contribution in [0.15, 0.2) is 60.7 Å². The van der Waals surface area contributed by atoms with Gasteiger partial charge in [0.05, 0.1) is 0 Å². The topological polar surface area (TPSA) is 71.1 Å². The number of nitrogens with one attached hydrogen (secondary N) is 1. The maximum atomic E-state index is 12.9. The number of piperazine rings is 1. The van der Waals surface area contributed by atoms with Crippen molar-refractivity contribution >= 4 is 22.6 Å². The lowest BCUT2D eigenvalue weighted by atomic mass is 10.1. The van der Waals surface area contributed by atoms with Crippen molar-refractivity contribution in [3.8, 4) is 11.5 Å². The fourth-order valence-electron chi connectivity index (χ4n) is 4.15. The first-order valence-electron chi connectivity index (χ1n) is 10.9. The van der Waals surface area contributed by atoms with E-state index in [1.807, 2.05) is 47.4 Å². The summed E-state index contributed by atoms with van der Waals surface area (Å²) in [5, 5.41) is 5.17. The molecule has 2 amide bonds. The van der Waals surface area contributed by atoms with Crippen LogP contribution in [0, 0.1) is 0 Å². The Morgan fingerprint density at radius 3 is 2.41 bits per heavy atom. The minimum Gasteiger partial charge on any atom is -0.454 e. The van der Waals surface area contributed by atoms with Crippen molar-refractivity contribution in [2.75, 3.05) is 46.1 Å². The predicted molar refractivity (Wildman–Crippen MR) is 121 cm³/mol. The average Bonchev–Trinajstić information content (AvgIpc) is 3.32. The molecule has 32 heavy (non-hydrogen) atoms. The Morgan fingerprint density at radius 2 is 1.56 bits per heavy atom. The van der Waals surface area contributed by atoms with Gasteiger partial charge in [-0.2, -0.15) is 0 Å². The van der Waals surface area contributed by atoms with Gasteiger partial charge in [0.15, 0.2) is 11.5 Å². The molecule has 0 aliphatic carbocycles. The van der Waals surface area contributed by atoms with Crippen LogP contribution in [0.2, 0.25) is 0 Å². The third kappa shape index (κ3) is 4.24. The predicted octanol–water partition coefficient (Wildman–Crippen LogP) is 2.76. The SMILES string of the molecule is O=C(NCCN1CCN(C(=O)c2ccc3ccccc3c2)CC1)c1ccc2c(c1)OCO2. The second-order valence-corrected chi connectivity index (χ2v) is 8.02. The van der Waals surface area contributed by atoms with Crippen LogP contribution in [-0.4, -0.2) is 67.7 Å². The molecule has 0 aromatic heterocycles. The van der Waals surface area contributed by atoms with Gasteiger partial charge in [-0.15, -0.1) is 0 Å². The molecule has 7 nitrogen and oxygen atoms in total. The van der Waals surface area contributed by atoms with Gasteiger partial charge in [-0.25, -0.2) is 0 Å². The molecule has 3 aromatic carbocycles. The Labute approximate surface area is 186 Å². The number of nitrogens with zero attached hydrogens (tertiary/aromatic N) is 2. The molecular formula is C25H25N3O4. The Morgan fingerprint density at radius 1 is 0.812 bits per heavy atom. The third-order valence-electron chi connectivity index (χ3n) is 6.00. The summed E-state index contributed by atoms with van der Waals surface area (Å²) in [6.07, 6.45) is 0. The minimum absolute atomic E-state index is 0.0755. The molecule has 0 bridgehead atoms. The molecule has 7 heteroatoms. The van der Waals surface area contributed by atoms with Crippen molar-refractivity contribution in [1.82, 2.24) is 15.1 Å². The maximum Gasteiger partial charge on any atom is 0.253 e. The highest BCUT2D eigenvalue weighted by Crippen LogP contribution is 2.32. The molecule has 0 saturated carbocycles. The number of carbonyl (C=O) groups is 2. The molecule has 1 N–H and O–H groups in total. The molecule has 3 aromatic rings. The number of rotatable bonds is 5. The van der Waals surface area contributed by atoms with Crippen LogP contribution >= 0.6 is 0 Å². The smallest absolute Gasteiger partial charge is 0.253 e. The zero-order valence-corrected chi connectivity index (χ0v) is 17.8. The standard InChI is InChI=1S/C25H25N3O4/c29-24(20-7-8-22-23(16-20)32-17-31-22)26-9-10-27-11-13-28(14-12-27)25(30)21-6-5-18-3-1-2-4-19(18)15-21/h1-8,15-16H,9-14,17H2,(H,26,29). The summed E-state index contributed by atoms with van der Waals surface area (Å²) in [6.45, 7) is 4.43. The normalized spacial score (nSPS) is 15.7. The molecule has 164 valence electrons. The van der Waals surface area contributed by atoms with Crippen molar-refractivity contribution in [3.63, 3.8) is 0 Å². The number of hydrogen-bond donors (Lipinski definition) is 1. The molecule has 2 heterocycles. The summed E-state index contributed by atoms with van der Waals surface area (Å²) < 4.78 is 10.6. The Hall–Kier alpha value is -3.58. The lowest BCUT2D eigenvalue weighted by Gasteiger charge is -2.34. The van der Waals surface area contributed by atoms with E-state index in [0.29, 0.717) is 36.7 Å². The summed E-state index contributed by atoms with van der Waals surface area (Å²) in [4.78, 5) is 29.5. The van der Waals surface area contributed by atoms with E-state index in [0.717, 1.165) is 36.0 Å². The highest BCUT2D eigenvalue weighted by atomic mass is 16.7. The van der Waals surface area contributed by atoms with Crippen LogP contribution in [0.25, 0.3) is 10.8 Å². The van der Waals surface area contributed by atoms with Crippen molar-refractivity contribution in [2.45, 2.75) is 0 Å². The van der Waals surface area contributed by atoms with E-state index >= 15 is 0 Å². The van der Waals surface area contributed by atoms with E-state index < -0.39 is 0 Å². The average molecular weight is 431 g/mol. The highest BCUT2D eigenvalue weighted by Gasteiger charge is 2.22. The number of hydrogen-bond acceptors (Lipinski definition) is 5. The lowest BCUT2D eigenvalue weighted by molar-refractivity contribution is 0.0638. The van der Waals surface area contributed by atoms with Gasteiger partial charge < -0.3 is 19.7 Å². The fourth-order valence-corrected chi connectivity index (χ4v) is 4.15. The van der Waals surface area contributed by atoms with Gasteiger partial charge in [0.25, 0.3) is 11.8 Å². The van der Waals surface area contributed by atoms with E-state index in [4.69, 9.17) is 9.47 Å². The molecule has 2 aliphatic rings. The van der Waals surface area contributed by atoms with E-state index in [2.05, 4.69) is 10.2 Å². The second-order valence-electron chi connectivity index (χ2n) is 8.02. The quantitative estimate of drug-likeness (QED) is 0.673. The molecule has 0 spiro atoms. The molecule has 0 radical (unpaired) electrons. The summed E-state index contributed by atoms with van der Waals surface area (Å²) >= 11 is 0. The molecule has 5 rings (SSSR count). The van der Waals surface area contributed by atoms with Crippen LogP contribution in [0.4, 0.5) is 0 Å². The molecular weight excluding hydrogens is 406 g/mol. The van der Waals surface area contributed by atoms with Gasteiger partial charge >= 0.3 is 0 Å². The van der Waals surface area contributed by atoms with Crippen LogP contribution < -0.4 is 14.8 Å². The number of benzene rings is 3. The molecule has 0 unspecified atom stereocenters. The van der Waals surface area contributed by atoms with Gasteiger partial charge in [0.2, 0.25) is 6.79 Å². The van der Waals surface area contributed by atoms with Crippen LogP contribution in [-0.2, 0) is 0 Å². The van der Waals surface area contributed by atoms with Crippen LogP contribution in [0.3, 0.4) is 0 Å². The first-order chi connectivity index (χ1) is 15.7.